The SMILES string of the molecule is CCC(=O)Nc1ccc2c(c1)N(CCOc1ccc(OC)cc1)C(=O)CO2. The highest BCUT2D eigenvalue weighted by atomic mass is 16.5. The van der Waals surface area contributed by atoms with E-state index in [-0.39, 0.29) is 18.4 Å². The number of nitrogens with zero attached hydrogens (tertiary/aromatic N) is 1. The van der Waals surface area contributed by atoms with E-state index in [4.69, 9.17) is 14.2 Å². The lowest BCUT2D eigenvalue weighted by Crippen LogP contribution is -2.41. The highest BCUT2D eigenvalue weighted by Crippen LogP contribution is 2.34. The molecule has 1 N–H and O–H groups in total. The van der Waals surface area contributed by atoms with E-state index in [9.17, 15) is 9.59 Å². The van der Waals surface area contributed by atoms with E-state index < -0.39 is 0 Å². The summed E-state index contributed by atoms with van der Waals surface area (Å²) in [6.07, 6.45) is 0.381. The zero-order chi connectivity index (χ0) is 19.2. The molecule has 142 valence electrons. The summed E-state index contributed by atoms with van der Waals surface area (Å²) in [5.41, 5.74) is 1.25. The number of ether oxygens (including phenoxy) is 3. The van der Waals surface area contributed by atoms with E-state index in [1.54, 1.807) is 37.1 Å². The largest absolute Gasteiger partial charge is 0.497 e. The molecule has 1 aliphatic heterocycles. The first-order valence-corrected chi connectivity index (χ1v) is 8.74. The minimum atomic E-state index is -0.153. The van der Waals surface area contributed by atoms with Gasteiger partial charge in [0, 0.05) is 12.1 Å². The van der Waals surface area contributed by atoms with E-state index >= 15 is 0 Å². The Labute approximate surface area is 157 Å². The molecule has 3 rings (SSSR count). The van der Waals surface area contributed by atoms with Gasteiger partial charge in [-0.15, -0.1) is 0 Å². The fourth-order valence-corrected chi connectivity index (χ4v) is 2.70. The van der Waals surface area contributed by atoms with Crippen LogP contribution in [0, 0.1) is 0 Å². The van der Waals surface area contributed by atoms with Gasteiger partial charge in [0.25, 0.3) is 5.91 Å². The highest BCUT2D eigenvalue weighted by molar-refractivity contribution is 5.99. The van der Waals surface area contributed by atoms with Crippen LogP contribution in [0.4, 0.5) is 11.4 Å². The van der Waals surface area contributed by atoms with Gasteiger partial charge in [0.1, 0.15) is 23.9 Å². The molecule has 27 heavy (non-hydrogen) atoms. The molecule has 0 unspecified atom stereocenters. The van der Waals surface area contributed by atoms with Crippen LogP contribution >= 0.6 is 0 Å². The molecule has 0 saturated heterocycles. The normalized spacial score (nSPS) is 12.8. The third-order valence-corrected chi connectivity index (χ3v) is 4.15. The molecule has 0 spiro atoms. The number of rotatable bonds is 7. The minimum absolute atomic E-state index is 0.0177. The number of carbonyl (C=O) groups is 2. The van der Waals surface area contributed by atoms with E-state index in [1.165, 1.54) is 0 Å². The molecule has 0 aliphatic carbocycles. The molecule has 1 heterocycles. The topological polar surface area (TPSA) is 77.1 Å². The standard InChI is InChI=1S/C20H22N2O5/c1-3-19(23)21-14-4-9-18-17(12-14)22(20(24)13-27-18)10-11-26-16-7-5-15(25-2)6-8-16/h4-9,12H,3,10-11,13H2,1-2H3,(H,21,23). The van der Waals surface area contributed by atoms with Crippen LogP contribution in [-0.2, 0) is 9.59 Å². The molecule has 2 aromatic rings. The van der Waals surface area contributed by atoms with Crippen LogP contribution in [0.25, 0.3) is 0 Å². The molecule has 0 saturated carbocycles. The molecule has 2 amide bonds. The van der Waals surface area contributed by atoms with Gasteiger partial charge in [-0.3, -0.25) is 9.59 Å². The van der Waals surface area contributed by atoms with Crippen LogP contribution in [-0.4, -0.2) is 38.7 Å². The van der Waals surface area contributed by atoms with Gasteiger partial charge in [-0.05, 0) is 42.5 Å². The van der Waals surface area contributed by atoms with Crippen molar-refractivity contribution < 1.29 is 23.8 Å². The maximum absolute atomic E-state index is 12.3. The number of carbonyl (C=O) groups excluding carboxylic acids is 2. The zero-order valence-corrected chi connectivity index (χ0v) is 15.4. The van der Waals surface area contributed by atoms with E-state index in [0.717, 1.165) is 5.75 Å². The van der Waals surface area contributed by atoms with Crippen molar-refractivity contribution >= 4 is 23.2 Å². The highest BCUT2D eigenvalue weighted by Gasteiger charge is 2.25. The van der Waals surface area contributed by atoms with Crippen LogP contribution < -0.4 is 24.4 Å². The minimum Gasteiger partial charge on any atom is -0.497 e. The molecule has 0 atom stereocenters. The fraction of sp³-hybridized carbons (Fsp3) is 0.300. The van der Waals surface area contributed by atoms with Gasteiger partial charge in [-0.25, -0.2) is 0 Å². The zero-order valence-electron chi connectivity index (χ0n) is 15.4. The average Bonchev–Trinajstić information content (AvgIpc) is 2.70. The number of hydrogen-bond donors (Lipinski definition) is 1. The summed E-state index contributed by atoms with van der Waals surface area (Å²) in [7, 11) is 1.61. The first-order chi connectivity index (χ1) is 13.1. The smallest absolute Gasteiger partial charge is 0.265 e. The summed E-state index contributed by atoms with van der Waals surface area (Å²) >= 11 is 0. The lowest BCUT2D eigenvalue weighted by molar-refractivity contribution is -0.121. The number of methoxy groups -OCH3 is 1. The number of anilines is 2. The number of amides is 2. The van der Waals surface area contributed by atoms with Crippen molar-refractivity contribution in [3.8, 4) is 17.2 Å². The Bertz CT molecular complexity index is 820. The Morgan fingerprint density at radius 1 is 1.19 bits per heavy atom. The van der Waals surface area contributed by atoms with E-state index in [1.807, 2.05) is 24.3 Å². The summed E-state index contributed by atoms with van der Waals surface area (Å²) in [5, 5.41) is 2.79. The predicted octanol–water partition coefficient (Wildman–Crippen LogP) is 2.85. The molecule has 7 heteroatoms. The Morgan fingerprint density at radius 2 is 1.93 bits per heavy atom. The summed E-state index contributed by atoms with van der Waals surface area (Å²) in [6, 6.07) is 12.5. The van der Waals surface area contributed by atoms with Gasteiger partial charge >= 0.3 is 0 Å². The average molecular weight is 370 g/mol. The van der Waals surface area contributed by atoms with Gasteiger partial charge < -0.3 is 24.4 Å². The van der Waals surface area contributed by atoms with Crippen molar-refractivity contribution in [2.75, 3.05) is 37.1 Å². The van der Waals surface area contributed by atoms with Crippen LogP contribution in [0.15, 0.2) is 42.5 Å². The Balaban J connectivity index is 1.68. The molecule has 1 aliphatic rings. The van der Waals surface area contributed by atoms with Gasteiger partial charge in [0.15, 0.2) is 6.61 Å². The lowest BCUT2D eigenvalue weighted by atomic mass is 10.2. The summed E-state index contributed by atoms with van der Waals surface area (Å²) < 4.78 is 16.3. The first-order valence-electron chi connectivity index (χ1n) is 8.74. The van der Waals surface area contributed by atoms with Crippen molar-refractivity contribution in [2.45, 2.75) is 13.3 Å². The van der Waals surface area contributed by atoms with Crippen molar-refractivity contribution in [2.24, 2.45) is 0 Å². The summed E-state index contributed by atoms with van der Waals surface area (Å²) in [6.45, 7) is 2.45. The second kappa shape index (κ2) is 8.44. The Hall–Kier alpha value is -3.22. The molecule has 7 nitrogen and oxygen atoms in total. The number of hydrogen-bond acceptors (Lipinski definition) is 5. The molecule has 2 aromatic carbocycles. The third kappa shape index (κ3) is 4.49. The maximum Gasteiger partial charge on any atom is 0.265 e. The Morgan fingerprint density at radius 3 is 2.63 bits per heavy atom. The predicted molar refractivity (Wildman–Crippen MR) is 102 cm³/mol. The molecule has 0 radical (unpaired) electrons. The van der Waals surface area contributed by atoms with Gasteiger partial charge in [0.2, 0.25) is 5.91 Å². The van der Waals surface area contributed by atoms with Crippen molar-refractivity contribution in [3.63, 3.8) is 0 Å². The monoisotopic (exact) mass is 370 g/mol. The first kappa shape index (κ1) is 18.6. The second-order valence-corrected chi connectivity index (χ2v) is 5.94. The van der Waals surface area contributed by atoms with E-state index in [0.29, 0.717) is 42.4 Å². The molecule has 0 bridgehead atoms. The quantitative estimate of drug-likeness (QED) is 0.811. The van der Waals surface area contributed by atoms with E-state index in [2.05, 4.69) is 5.32 Å². The molecular weight excluding hydrogens is 348 g/mol. The lowest BCUT2D eigenvalue weighted by Gasteiger charge is -2.29. The molecule has 0 aromatic heterocycles. The van der Waals surface area contributed by atoms with Crippen molar-refractivity contribution in [3.05, 3.63) is 42.5 Å². The fourth-order valence-electron chi connectivity index (χ4n) is 2.70. The molecule has 0 fully saturated rings. The van der Waals surface area contributed by atoms with Crippen LogP contribution in [0.2, 0.25) is 0 Å². The Kier molecular flexibility index (Phi) is 5.80. The number of fused-ring (bicyclic) bond motifs is 1. The van der Waals surface area contributed by atoms with Gasteiger partial charge in [0.05, 0.1) is 19.3 Å². The molecular formula is C20H22N2O5. The van der Waals surface area contributed by atoms with Crippen LogP contribution in [0.1, 0.15) is 13.3 Å². The summed E-state index contributed by atoms with van der Waals surface area (Å²) in [4.78, 5) is 25.5. The van der Waals surface area contributed by atoms with Crippen LogP contribution in [0.5, 0.6) is 17.2 Å². The summed E-state index contributed by atoms with van der Waals surface area (Å²) in [5.74, 6) is 1.81. The third-order valence-electron chi connectivity index (χ3n) is 4.15. The second-order valence-electron chi connectivity index (χ2n) is 5.94. The van der Waals surface area contributed by atoms with Crippen molar-refractivity contribution in [1.29, 1.82) is 0 Å². The van der Waals surface area contributed by atoms with Crippen LogP contribution in [0.3, 0.4) is 0 Å². The maximum atomic E-state index is 12.3. The van der Waals surface area contributed by atoms with Crippen molar-refractivity contribution in [1.82, 2.24) is 0 Å². The number of benzene rings is 2. The van der Waals surface area contributed by atoms with Gasteiger partial charge in [-0.2, -0.15) is 0 Å². The number of nitrogens with one attached hydrogen (secondary N) is 1. The van der Waals surface area contributed by atoms with Gasteiger partial charge in [-0.1, -0.05) is 6.92 Å².